The molecular formula is C21H25F5N4O. The third-order valence-corrected chi connectivity index (χ3v) is 6.05. The number of rotatable bonds is 4. The van der Waals surface area contributed by atoms with E-state index in [-0.39, 0.29) is 37.2 Å². The van der Waals surface area contributed by atoms with Crippen LogP contribution in [0.15, 0.2) is 23.4 Å². The Labute approximate surface area is 177 Å². The van der Waals surface area contributed by atoms with E-state index in [9.17, 15) is 26.7 Å². The number of likely N-dealkylation sites (N-methyl/N-ethyl adjacent to an activating group) is 1. The lowest BCUT2D eigenvalue weighted by Gasteiger charge is -2.34. The number of carbonyl (C=O) groups excluding carboxylic acids is 1. The van der Waals surface area contributed by atoms with Crippen molar-refractivity contribution in [1.82, 2.24) is 9.80 Å². The van der Waals surface area contributed by atoms with Crippen LogP contribution in [0.2, 0.25) is 0 Å². The van der Waals surface area contributed by atoms with Gasteiger partial charge in [0.1, 0.15) is 5.71 Å². The van der Waals surface area contributed by atoms with Crippen molar-refractivity contribution in [2.24, 2.45) is 5.73 Å². The number of hydrogen-bond donors (Lipinski definition) is 2. The average molecular weight is 444 g/mol. The minimum Gasteiger partial charge on any atom is -0.401 e. The number of alkyl halides is 3. The zero-order valence-electron chi connectivity index (χ0n) is 17.2. The smallest absolute Gasteiger partial charge is 0.401 e. The highest BCUT2D eigenvalue weighted by Gasteiger charge is 2.40. The average Bonchev–Trinajstić information content (AvgIpc) is 2.73. The highest BCUT2D eigenvalue weighted by Crippen LogP contribution is 2.41. The minimum atomic E-state index is -5.02. The van der Waals surface area contributed by atoms with Crippen LogP contribution in [-0.2, 0) is 11.0 Å². The van der Waals surface area contributed by atoms with E-state index in [1.54, 1.807) is 0 Å². The topological polar surface area (TPSA) is 73.4 Å². The number of carbonyl (C=O) groups is 1. The zero-order valence-corrected chi connectivity index (χ0v) is 17.2. The second-order valence-corrected chi connectivity index (χ2v) is 7.89. The molecule has 0 saturated carbocycles. The first kappa shape index (κ1) is 23.2. The highest BCUT2D eigenvalue weighted by molar-refractivity contribution is 6.44. The summed E-state index contributed by atoms with van der Waals surface area (Å²) in [6, 6.07) is 1.67. The summed E-state index contributed by atoms with van der Waals surface area (Å²) in [5.41, 5.74) is 4.98. The molecule has 3 rings (SSSR count). The first-order valence-electron chi connectivity index (χ1n) is 10.2. The molecule has 0 radical (unpaired) electrons. The van der Waals surface area contributed by atoms with Crippen LogP contribution in [0.25, 0.3) is 0 Å². The molecule has 0 atom stereocenters. The predicted molar refractivity (Wildman–Crippen MR) is 106 cm³/mol. The maximum atomic E-state index is 13.9. The van der Waals surface area contributed by atoms with Crippen LogP contribution >= 0.6 is 0 Å². The van der Waals surface area contributed by atoms with Gasteiger partial charge < -0.3 is 10.6 Å². The van der Waals surface area contributed by atoms with Crippen LogP contribution < -0.4 is 5.73 Å². The summed E-state index contributed by atoms with van der Waals surface area (Å²) in [6.07, 6.45) is -4.21. The molecule has 10 heteroatoms. The van der Waals surface area contributed by atoms with Gasteiger partial charge in [-0.2, -0.15) is 13.2 Å². The van der Waals surface area contributed by atoms with Crippen molar-refractivity contribution in [2.45, 2.75) is 38.3 Å². The number of nitrogens with one attached hydrogen (secondary N) is 1. The Kier molecular flexibility index (Phi) is 6.68. The second-order valence-electron chi connectivity index (χ2n) is 7.89. The van der Waals surface area contributed by atoms with Gasteiger partial charge in [0, 0.05) is 37.4 Å². The molecule has 0 bridgehead atoms. The molecule has 5 nitrogen and oxygen atoms in total. The van der Waals surface area contributed by atoms with Crippen molar-refractivity contribution in [2.75, 3.05) is 32.7 Å². The molecule has 0 unspecified atom stereocenters. The Morgan fingerprint density at radius 3 is 2.39 bits per heavy atom. The predicted octanol–water partition coefficient (Wildman–Crippen LogP) is 3.65. The molecule has 2 aliphatic heterocycles. The van der Waals surface area contributed by atoms with E-state index < -0.39 is 35.2 Å². The van der Waals surface area contributed by atoms with Gasteiger partial charge in [0.25, 0.3) is 5.91 Å². The standard InChI is InChI=1S/C21H25F5N4O/c1-2-29-8-7-14(16(27)11-29)19(28)20(31)30-9-5-12(6-10-30)13-3-4-15(22)18(23)17(13)21(24,25)26/h3-4,12,28H,2,5-11,27H2,1H3. The van der Waals surface area contributed by atoms with Crippen molar-refractivity contribution in [3.05, 3.63) is 46.2 Å². The lowest BCUT2D eigenvalue weighted by atomic mass is 9.85. The molecule has 0 aromatic heterocycles. The Hall–Kier alpha value is -2.49. The normalized spacial score (nSPS) is 19.1. The van der Waals surface area contributed by atoms with E-state index in [4.69, 9.17) is 11.1 Å². The van der Waals surface area contributed by atoms with Crippen LogP contribution in [-0.4, -0.2) is 54.1 Å². The number of piperidine rings is 1. The van der Waals surface area contributed by atoms with E-state index in [2.05, 4.69) is 4.90 Å². The van der Waals surface area contributed by atoms with Crippen LogP contribution in [0, 0.1) is 17.0 Å². The van der Waals surface area contributed by atoms with E-state index in [0.717, 1.165) is 12.6 Å². The van der Waals surface area contributed by atoms with Gasteiger partial charge in [0.05, 0.1) is 5.56 Å². The molecule has 31 heavy (non-hydrogen) atoms. The molecule has 1 fully saturated rings. The summed E-state index contributed by atoms with van der Waals surface area (Å²) >= 11 is 0. The number of halogens is 5. The summed E-state index contributed by atoms with van der Waals surface area (Å²) in [6.45, 7) is 4.23. The number of benzene rings is 1. The van der Waals surface area contributed by atoms with Crippen molar-refractivity contribution in [3.8, 4) is 0 Å². The molecule has 0 spiro atoms. The molecule has 1 aromatic carbocycles. The van der Waals surface area contributed by atoms with Crippen molar-refractivity contribution in [3.63, 3.8) is 0 Å². The fraction of sp³-hybridized carbons (Fsp3) is 0.524. The van der Waals surface area contributed by atoms with Gasteiger partial charge in [0.15, 0.2) is 11.6 Å². The molecule has 2 aliphatic rings. The molecule has 3 N–H and O–H groups in total. The lowest BCUT2D eigenvalue weighted by Crippen LogP contribution is -2.44. The van der Waals surface area contributed by atoms with Gasteiger partial charge in [-0.15, -0.1) is 0 Å². The fourth-order valence-corrected chi connectivity index (χ4v) is 4.28. The van der Waals surface area contributed by atoms with E-state index in [1.807, 2.05) is 6.92 Å². The van der Waals surface area contributed by atoms with Gasteiger partial charge in [-0.05, 0) is 43.4 Å². The van der Waals surface area contributed by atoms with E-state index in [0.29, 0.717) is 36.8 Å². The summed E-state index contributed by atoms with van der Waals surface area (Å²) in [5.74, 6) is -4.62. The summed E-state index contributed by atoms with van der Waals surface area (Å²) < 4.78 is 67.3. The van der Waals surface area contributed by atoms with Gasteiger partial charge in [-0.3, -0.25) is 15.1 Å². The monoisotopic (exact) mass is 444 g/mol. The molecular weight excluding hydrogens is 419 g/mol. The third-order valence-electron chi connectivity index (χ3n) is 6.05. The lowest BCUT2D eigenvalue weighted by molar-refractivity contribution is -0.141. The summed E-state index contributed by atoms with van der Waals surface area (Å²) in [5, 5.41) is 8.27. The van der Waals surface area contributed by atoms with Crippen molar-refractivity contribution in [1.29, 1.82) is 5.41 Å². The van der Waals surface area contributed by atoms with Crippen LogP contribution in [0.4, 0.5) is 22.0 Å². The maximum absolute atomic E-state index is 13.9. The largest absolute Gasteiger partial charge is 0.419 e. The number of nitrogens with two attached hydrogens (primary N) is 1. The molecule has 0 aliphatic carbocycles. The second kappa shape index (κ2) is 8.94. The van der Waals surface area contributed by atoms with E-state index >= 15 is 0 Å². The van der Waals surface area contributed by atoms with Crippen molar-refractivity contribution < 1.29 is 26.7 Å². The molecule has 2 heterocycles. The zero-order chi connectivity index (χ0) is 22.9. The SMILES string of the molecule is CCN1CCC(C(=N)C(=O)N2CCC(c3ccc(F)c(F)c3C(F)(F)F)CC2)=C(N)C1. The number of nitrogens with zero attached hydrogens (tertiary/aromatic N) is 2. The first-order chi connectivity index (χ1) is 14.5. The maximum Gasteiger partial charge on any atom is 0.419 e. The highest BCUT2D eigenvalue weighted by atomic mass is 19.4. The van der Waals surface area contributed by atoms with Crippen LogP contribution in [0.1, 0.15) is 43.2 Å². The van der Waals surface area contributed by atoms with Gasteiger partial charge in [-0.1, -0.05) is 13.0 Å². The minimum absolute atomic E-state index is 0.121. The Balaban J connectivity index is 1.71. The molecule has 1 aromatic rings. The summed E-state index contributed by atoms with van der Waals surface area (Å²) in [4.78, 5) is 16.3. The molecule has 1 amide bonds. The number of hydrogen-bond acceptors (Lipinski definition) is 4. The third kappa shape index (κ3) is 4.73. The Bertz CT molecular complexity index is 904. The molecule has 1 saturated heterocycles. The molecule has 170 valence electrons. The quantitative estimate of drug-likeness (QED) is 0.550. The van der Waals surface area contributed by atoms with Crippen LogP contribution in [0.5, 0.6) is 0 Å². The number of likely N-dealkylation sites (tertiary alicyclic amines) is 1. The fourth-order valence-electron chi connectivity index (χ4n) is 4.28. The van der Waals surface area contributed by atoms with Crippen molar-refractivity contribution >= 4 is 11.6 Å². The number of amides is 1. The summed E-state index contributed by atoms with van der Waals surface area (Å²) in [7, 11) is 0. The van der Waals surface area contributed by atoms with Crippen LogP contribution in [0.3, 0.4) is 0 Å². The van der Waals surface area contributed by atoms with Gasteiger partial charge >= 0.3 is 6.18 Å². The Morgan fingerprint density at radius 1 is 1.19 bits per heavy atom. The van der Waals surface area contributed by atoms with Gasteiger partial charge in [-0.25, -0.2) is 8.78 Å². The Morgan fingerprint density at radius 2 is 1.84 bits per heavy atom. The van der Waals surface area contributed by atoms with E-state index in [1.165, 1.54) is 4.90 Å². The first-order valence-corrected chi connectivity index (χ1v) is 10.2. The van der Waals surface area contributed by atoms with Gasteiger partial charge in [0.2, 0.25) is 0 Å².